The number of carbonyl (C=O) groups is 1. The SMILES string of the molecule is Cc1nn(C)c(C)c1C(=O)NCC=CCOc1cc(CN2CCCCC2)ccn1. The summed E-state index contributed by atoms with van der Waals surface area (Å²) in [6.45, 7) is 7.90. The minimum absolute atomic E-state index is 0.106. The largest absolute Gasteiger partial charge is 0.473 e. The first-order chi connectivity index (χ1) is 14.0. The van der Waals surface area contributed by atoms with Gasteiger partial charge >= 0.3 is 0 Å². The van der Waals surface area contributed by atoms with Crippen molar-refractivity contribution in [3.8, 4) is 5.88 Å². The van der Waals surface area contributed by atoms with E-state index in [-0.39, 0.29) is 5.91 Å². The highest BCUT2D eigenvalue weighted by Gasteiger charge is 2.16. The maximum absolute atomic E-state index is 12.3. The molecule has 0 unspecified atom stereocenters. The predicted molar refractivity (Wildman–Crippen MR) is 113 cm³/mol. The molecule has 2 aromatic rings. The molecule has 1 amide bonds. The van der Waals surface area contributed by atoms with Crippen LogP contribution in [0.4, 0.5) is 0 Å². The molecule has 0 radical (unpaired) electrons. The first-order valence-corrected chi connectivity index (χ1v) is 10.3. The summed E-state index contributed by atoms with van der Waals surface area (Å²) in [6.07, 6.45) is 9.50. The average molecular weight is 398 g/mol. The van der Waals surface area contributed by atoms with Crippen molar-refractivity contribution in [2.75, 3.05) is 26.2 Å². The molecule has 0 aromatic carbocycles. The fourth-order valence-electron chi connectivity index (χ4n) is 3.63. The number of nitrogens with zero attached hydrogens (tertiary/aromatic N) is 4. The maximum atomic E-state index is 12.3. The number of carbonyl (C=O) groups excluding carboxylic acids is 1. The Balaban J connectivity index is 1.41. The van der Waals surface area contributed by atoms with Crippen LogP contribution in [0.5, 0.6) is 5.88 Å². The molecule has 0 spiro atoms. The van der Waals surface area contributed by atoms with Crippen LogP contribution in [-0.2, 0) is 13.6 Å². The van der Waals surface area contributed by atoms with E-state index in [4.69, 9.17) is 4.74 Å². The van der Waals surface area contributed by atoms with Gasteiger partial charge in [0.15, 0.2) is 0 Å². The molecule has 0 bridgehead atoms. The minimum Gasteiger partial charge on any atom is -0.473 e. The quantitative estimate of drug-likeness (QED) is 0.694. The summed E-state index contributed by atoms with van der Waals surface area (Å²) < 4.78 is 7.45. The fraction of sp³-hybridized carbons (Fsp3) is 0.500. The molecular weight excluding hydrogens is 366 g/mol. The number of aryl methyl sites for hydroxylation is 2. The molecule has 3 heterocycles. The maximum Gasteiger partial charge on any atom is 0.255 e. The lowest BCUT2D eigenvalue weighted by molar-refractivity contribution is 0.0956. The highest BCUT2D eigenvalue weighted by molar-refractivity contribution is 5.96. The van der Waals surface area contributed by atoms with Crippen LogP contribution in [0.1, 0.15) is 46.6 Å². The van der Waals surface area contributed by atoms with Gasteiger partial charge in [0.2, 0.25) is 5.88 Å². The Morgan fingerprint density at radius 1 is 1.24 bits per heavy atom. The second-order valence-electron chi connectivity index (χ2n) is 7.50. The number of amides is 1. The number of piperidine rings is 1. The van der Waals surface area contributed by atoms with E-state index < -0.39 is 0 Å². The second-order valence-corrected chi connectivity index (χ2v) is 7.50. The predicted octanol–water partition coefficient (Wildman–Crippen LogP) is 2.78. The lowest BCUT2D eigenvalue weighted by Gasteiger charge is -2.26. The number of aromatic nitrogens is 3. The molecule has 1 aliphatic rings. The van der Waals surface area contributed by atoms with E-state index >= 15 is 0 Å². The number of hydrogen-bond acceptors (Lipinski definition) is 5. The van der Waals surface area contributed by atoms with Gasteiger partial charge in [-0.1, -0.05) is 12.5 Å². The van der Waals surface area contributed by atoms with Crippen molar-refractivity contribution in [1.29, 1.82) is 0 Å². The van der Waals surface area contributed by atoms with Crippen molar-refractivity contribution >= 4 is 5.91 Å². The topological polar surface area (TPSA) is 72.3 Å². The molecule has 1 fully saturated rings. The number of likely N-dealkylation sites (tertiary alicyclic amines) is 1. The zero-order valence-corrected chi connectivity index (χ0v) is 17.6. The van der Waals surface area contributed by atoms with Gasteiger partial charge in [-0.05, 0) is 57.5 Å². The zero-order chi connectivity index (χ0) is 20.6. The summed E-state index contributed by atoms with van der Waals surface area (Å²) in [7, 11) is 1.84. The average Bonchev–Trinajstić information content (AvgIpc) is 2.97. The van der Waals surface area contributed by atoms with Gasteiger partial charge in [-0.25, -0.2) is 4.98 Å². The fourth-order valence-corrected chi connectivity index (χ4v) is 3.63. The Morgan fingerprint density at radius 2 is 2.03 bits per heavy atom. The molecule has 1 N–H and O–H groups in total. The lowest BCUT2D eigenvalue weighted by Crippen LogP contribution is -2.29. The van der Waals surface area contributed by atoms with Crippen molar-refractivity contribution in [3.63, 3.8) is 0 Å². The Morgan fingerprint density at radius 3 is 2.76 bits per heavy atom. The Kier molecular flexibility index (Phi) is 7.41. The first kappa shape index (κ1) is 21.0. The van der Waals surface area contributed by atoms with Crippen molar-refractivity contribution in [2.24, 2.45) is 7.05 Å². The van der Waals surface area contributed by atoms with E-state index in [1.54, 1.807) is 10.9 Å². The smallest absolute Gasteiger partial charge is 0.255 e. The molecule has 2 aromatic heterocycles. The highest BCUT2D eigenvalue weighted by atomic mass is 16.5. The zero-order valence-electron chi connectivity index (χ0n) is 17.6. The van der Waals surface area contributed by atoms with Gasteiger partial charge in [-0.3, -0.25) is 14.4 Å². The van der Waals surface area contributed by atoms with Gasteiger partial charge in [0.1, 0.15) is 6.61 Å². The van der Waals surface area contributed by atoms with E-state index in [0.29, 0.717) is 24.6 Å². The van der Waals surface area contributed by atoms with Gasteiger partial charge in [0.25, 0.3) is 5.91 Å². The molecule has 156 valence electrons. The van der Waals surface area contributed by atoms with Gasteiger partial charge in [-0.15, -0.1) is 0 Å². The normalized spacial score (nSPS) is 15.0. The number of pyridine rings is 1. The Bertz CT molecular complexity index is 853. The highest BCUT2D eigenvalue weighted by Crippen LogP contribution is 2.15. The molecule has 7 heteroatoms. The minimum atomic E-state index is -0.106. The summed E-state index contributed by atoms with van der Waals surface area (Å²) >= 11 is 0. The summed E-state index contributed by atoms with van der Waals surface area (Å²) in [6, 6.07) is 4.06. The third-order valence-corrected chi connectivity index (χ3v) is 5.26. The Labute approximate surface area is 172 Å². The van der Waals surface area contributed by atoms with Crippen LogP contribution in [0, 0.1) is 13.8 Å². The number of ether oxygens (including phenoxy) is 1. The van der Waals surface area contributed by atoms with Gasteiger partial charge in [-0.2, -0.15) is 5.10 Å². The van der Waals surface area contributed by atoms with Crippen molar-refractivity contribution < 1.29 is 9.53 Å². The monoisotopic (exact) mass is 397 g/mol. The third-order valence-electron chi connectivity index (χ3n) is 5.26. The van der Waals surface area contributed by atoms with Crippen LogP contribution in [0.15, 0.2) is 30.5 Å². The molecule has 1 aliphatic heterocycles. The van der Waals surface area contributed by atoms with Gasteiger partial charge < -0.3 is 10.1 Å². The summed E-state index contributed by atoms with van der Waals surface area (Å²) in [5, 5.41) is 7.17. The molecule has 3 rings (SSSR count). The van der Waals surface area contributed by atoms with Crippen molar-refractivity contribution in [3.05, 3.63) is 53.0 Å². The molecule has 29 heavy (non-hydrogen) atoms. The van der Waals surface area contributed by atoms with Crippen molar-refractivity contribution in [1.82, 2.24) is 25.0 Å². The first-order valence-electron chi connectivity index (χ1n) is 10.3. The van der Waals surface area contributed by atoms with E-state index in [0.717, 1.165) is 17.9 Å². The van der Waals surface area contributed by atoms with Crippen LogP contribution in [0.3, 0.4) is 0 Å². The third kappa shape index (κ3) is 5.90. The number of rotatable bonds is 8. The molecule has 0 saturated carbocycles. The van der Waals surface area contributed by atoms with Gasteiger partial charge in [0.05, 0.1) is 11.3 Å². The molecular formula is C22H31N5O2. The van der Waals surface area contributed by atoms with Crippen LogP contribution in [0.2, 0.25) is 0 Å². The molecule has 7 nitrogen and oxygen atoms in total. The summed E-state index contributed by atoms with van der Waals surface area (Å²) in [5.41, 5.74) is 3.48. The lowest BCUT2D eigenvalue weighted by atomic mass is 10.1. The second kappa shape index (κ2) is 10.2. The van der Waals surface area contributed by atoms with Crippen LogP contribution < -0.4 is 10.1 Å². The van der Waals surface area contributed by atoms with Crippen LogP contribution >= 0.6 is 0 Å². The van der Waals surface area contributed by atoms with Crippen molar-refractivity contribution in [2.45, 2.75) is 39.7 Å². The van der Waals surface area contributed by atoms with E-state index in [1.807, 2.05) is 39.1 Å². The number of nitrogens with one attached hydrogen (secondary N) is 1. The summed E-state index contributed by atoms with van der Waals surface area (Å²) in [5.74, 6) is 0.528. The van der Waals surface area contributed by atoms with Crippen LogP contribution in [0.25, 0.3) is 0 Å². The van der Waals surface area contributed by atoms with E-state index in [9.17, 15) is 4.79 Å². The molecule has 0 atom stereocenters. The van der Waals surface area contributed by atoms with Crippen LogP contribution in [-0.4, -0.2) is 51.8 Å². The van der Waals surface area contributed by atoms with Gasteiger partial charge in [0, 0.05) is 38.1 Å². The Hall–Kier alpha value is -2.67. The summed E-state index contributed by atoms with van der Waals surface area (Å²) in [4.78, 5) is 19.1. The molecule has 1 saturated heterocycles. The van der Waals surface area contributed by atoms with E-state index in [2.05, 4.69) is 26.4 Å². The molecule has 0 aliphatic carbocycles. The van der Waals surface area contributed by atoms with E-state index in [1.165, 1.54) is 37.9 Å². The standard InChI is InChI=1S/C22H31N5O2/c1-17-21(18(2)26(3)25-17)22(28)24-10-5-8-14-29-20-15-19(9-11-23-20)16-27-12-6-4-7-13-27/h5,8-9,11,15H,4,6-7,10,12-14,16H2,1-3H3,(H,24,28). The number of hydrogen-bond donors (Lipinski definition) is 1.